The molecule has 0 radical (unpaired) electrons. The molecule has 2 N–H and O–H groups in total. The quantitative estimate of drug-likeness (QED) is 0.625. The number of aromatic carboxylic acids is 1. The van der Waals surface area contributed by atoms with Crippen LogP contribution >= 0.6 is 0 Å². The molecule has 146 valence electrons. The molecule has 6 heteroatoms. The van der Waals surface area contributed by atoms with Gasteiger partial charge in [-0.25, -0.2) is 4.79 Å². The molecular weight excluding hydrogens is 368 g/mol. The van der Waals surface area contributed by atoms with Crippen LogP contribution in [0.2, 0.25) is 5.04 Å². The van der Waals surface area contributed by atoms with Crippen molar-refractivity contribution in [3.8, 4) is 0 Å². The summed E-state index contributed by atoms with van der Waals surface area (Å²) >= 11 is 0. The summed E-state index contributed by atoms with van der Waals surface area (Å²) in [4.78, 5) is 11.2. The third-order valence-electron chi connectivity index (χ3n) is 5.03. The minimum Gasteiger partial charge on any atom is -0.476 e. The number of hydrogen-bond donors (Lipinski definition) is 2. The average Bonchev–Trinajstić information content (AvgIpc) is 3.17. The molecule has 1 aromatic heterocycles. The summed E-state index contributed by atoms with van der Waals surface area (Å²) in [6.07, 6.45) is -0.341. The van der Waals surface area contributed by atoms with Gasteiger partial charge < -0.3 is 9.53 Å². The largest absolute Gasteiger partial charge is 0.476 e. The van der Waals surface area contributed by atoms with Crippen molar-refractivity contribution in [2.24, 2.45) is 0 Å². The normalized spacial score (nSPS) is 13.3. The highest BCUT2D eigenvalue weighted by Crippen LogP contribution is 2.39. The van der Waals surface area contributed by atoms with Gasteiger partial charge in [-0.2, -0.15) is 5.10 Å². The SMILES string of the molecule is C[C@@H](O[Si](c1ccccc1)(c1ccccc1)C(C)(C)C)c1cc(C(=O)O)n[nH]1. The lowest BCUT2D eigenvalue weighted by Gasteiger charge is -2.44. The number of aromatic nitrogens is 2. The lowest BCUT2D eigenvalue weighted by molar-refractivity contribution is 0.0690. The van der Waals surface area contributed by atoms with E-state index >= 15 is 0 Å². The summed E-state index contributed by atoms with van der Waals surface area (Å²) in [7, 11) is -2.71. The summed E-state index contributed by atoms with van der Waals surface area (Å²) in [5.41, 5.74) is 0.651. The van der Waals surface area contributed by atoms with Gasteiger partial charge in [-0.1, -0.05) is 81.4 Å². The second-order valence-corrected chi connectivity index (χ2v) is 12.2. The van der Waals surface area contributed by atoms with Crippen molar-refractivity contribution in [2.45, 2.75) is 38.8 Å². The van der Waals surface area contributed by atoms with Gasteiger partial charge in [0.1, 0.15) is 0 Å². The highest BCUT2D eigenvalue weighted by Gasteiger charge is 2.51. The van der Waals surface area contributed by atoms with Crippen LogP contribution in [0.3, 0.4) is 0 Å². The van der Waals surface area contributed by atoms with E-state index in [0.29, 0.717) is 5.69 Å². The standard InChI is InChI=1S/C22H26N2O3Si/c1-16(19-15-20(21(25)26)24-23-19)27-28(22(2,3)4,17-11-7-5-8-12-17)18-13-9-6-10-14-18/h5-16H,1-4H3,(H,23,24)(H,25,26)/t16-/m1/s1. The molecule has 2 aromatic carbocycles. The topological polar surface area (TPSA) is 75.2 Å². The molecule has 0 aliphatic rings. The molecule has 0 fully saturated rings. The third-order valence-corrected chi connectivity index (χ3v) is 10.1. The molecule has 0 saturated carbocycles. The van der Waals surface area contributed by atoms with Gasteiger partial charge in [-0.3, -0.25) is 5.10 Å². The van der Waals surface area contributed by atoms with Crippen molar-refractivity contribution < 1.29 is 14.3 Å². The number of aromatic amines is 1. The van der Waals surface area contributed by atoms with Crippen molar-refractivity contribution in [3.05, 3.63) is 78.1 Å². The molecular formula is C22H26N2O3Si. The third kappa shape index (κ3) is 3.65. The van der Waals surface area contributed by atoms with E-state index in [2.05, 4.69) is 55.2 Å². The maximum absolute atomic E-state index is 11.2. The Morgan fingerprint density at radius 3 is 1.93 bits per heavy atom. The van der Waals surface area contributed by atoms with Crippen molar-refractivity contribution in [1.82, 2.24) is 10.2 Å². The van der Waals surface area contributed by atoms with Crippen LogP contribution in [-0.4, -0.2) is 29.6 Å². The smallest absolute Gasteiger partial charge is 0.356 e. The Morgan fingerprint density at radius 1 is 1.04 bits per heavy atom. The Kier molecular flexibility index (Phi) is 5.53. The van der Waals surface area contributed by atoms with Crippen molar-refractivity contribution in [2.75, 3.05) is 0 Å². The Balaban J connectivity index is 2.14. The van der Waals surface area contributed by atoms with Crippen molar-refractivity contribution in [3.63, 3.8) is 0 Å². The number of H-pyrrole nitrogens is 1. The maximum atomic E-state index is 11.2. The minimum absolute atomic E-state index is 0.00658. The lowest BCUT2D eigenvalue weighted by Crippen LogP contribution is -2.66. The summed E-state index contributed by atoms with van der Waals surface area (Å²) < 4.78 is 6.93. The zero-order chi connectivity index (χ0) is 20.4. The predicted molar refractivity (Wildman–Crippen MR) is 113 cm³/mol. The fourth-order valence-electron chi connectivity index (χ4n) is 3.67. The van der Waals surface area contributed by atoms with E-state index in [1.165, 1.54) is 10.4 Å². The number of benzene rings is 2. The molecule has 0 amide bonds. The second-order valence-electron chi connectivity index (χ2n) is 7.94. The van der Waals surface area contributed by atoms with Crippen LogP contribution in [0.5, 0.6) is 0 Å². The lowest BCUT2D eigenvalue weighted by atomic mass is 10.2. The number of nitrogens with one attached hydrogen (secondary N) is 1. The van der Waals surface area contributed by atoms with Crippen LogP contribution < -0.4 is 10.4 Å². The molecule has 1 atom stereocenters. The molecule has 3 aromatic rings. The van der Waals surface area contributed by atoms with E-state index in [0.717, 1.165) is 0 Å². The first kappa shape index (κ1) is 20.0. The number of nitrogens with zero attached hydrogens (tertiary/aromatic N) is 1. The van der Waals surface area contributed by atoms with Gasteiger partial charge in [0, 0.05) is 0 Å². The highest BCUT2D eigenvalue weighted by molar-refractivity contribution is 6.99. The predicted octanol–water partition coefficient (Wildman–Crippen LogP) is 3.75. The minimum atomic E-state index is -2.71. The Labute approximate surface area is 166 Å². The number of carboxylic acid groups (broad SMARTS) is 1. The van der Waals surface area contributed by atoms with Crippen LogP contribution in [-0.2, 0) is 4.43 Å². The maximum Gasteiger partial charge on any atom is 0.356 e. The van der Waals surface area contributed by atoms with E-state index in [9.17, 15) is 9.90 Å². The Morgan fingerprint density at radius 2 is 1.54 bits per heavy atom. The van der Waals surface area contributed by atoms with Gasteiger partial charge in [0.25, 0.3) is 8.32 Å². The first-order chi connectivity index (χ1) is 13.3. The van der Waals surface area contributed by atoms with Gasteiger partial charge in [0.2, 0.25) is 0 Å². The number of hydrogen-bond acceptors (Lipinski definition) is 3. The Bertz CT molecular complexity index is 894. The number of rotatable bonds is 6. The summed E-state index contributed by atoms with van der Waals surface area (Å²) in [6, 6.07) is 22.2. The van der Waals surface area contributed by atoms with E-state index in [4.69, 9.17) is 4.43 Å². The molecule has 0 saturated heterocycles. The van der Waals surface area contributed by atoms with E-state index in [-0.39, 0.29) is 16.8 Å². The second kappa shape index (κ2) is 7.73. The number of carboxylic acids is 1. The molecule has 3 rings (SSSR count). The molecule has 0 bridgehead atoms. The van der Waals surface area contributed by atoms with Gasteiger partial charge in [-0.15, -0.1) is 0 Å². The van der Waals surface area contributed by atoms with Crippen LogP contribution in [0.4, 0.5) is 0 Å². The molecule has 5 nitrogen and oxygen atoms in total. The van der Waals surface area contributed by atoms with Crippen LogP contribution in [0, 0.1) is 0 Å². The first-order valence-corrected chi connectivity index (χ1v) is 11.2. The monoisotopic (exact) mass is 394 g/mol. The zero-order valence-corrected chi connectivity index (χ0v) is 17.6. The first-order valence-electron chi connectivity index (χ1n) is 9.33. The van der Waals surface area contributed by atoms with Crippen LogP contribution in [0.15, 0.2) is 66.7 Å². The van der Waals surface area contributed by atoms with Gasteiger partial charge in [0.05, 0.1) is 11.8 Å². The molecule has 0 spiro atoms. The molecule has 0 aliphatic carbocycles. The summed E-state index contributed by atoms with van der Waals surface area (Å²) in [5.74, 6) is -1.06. The van der Waals surface area contributed by atoms with Crippen molar-refractivity contribution in [1.29, 1.82) is 0 Å². The number of carbonyl (C=O) groups is 1. The molecule has 0 unspecified atom stereocenters. The van der Waals surface area contributed by atoms with Gasteiger partial charge in [0.15, 0.2) is 5.69 Å². The van der Waals surface area contributed by atoms with E-state index < -0.39 is 14.3 Å². The average molecular weight is 395 g/mol. The summed E-state index contributed by atoms with van der Waals surface area (Å²) in [6.45, 7) is 8.57. The summed E-state index contributed by atoms with van der Waals surface area (Å²) in [5, 5.41) is 18.1. The van der Waals surface area contributed by atoms with Crippen LogP contribution in [0.25, 0.3) is 0 Å². The van der Waals surface area contributed by atoms with E-state index in [1.54, 1.807) is 6.07 Å². The van der Waals surface area contributed by atoms with E-state index in [1.807, 2.05) is 43.3 Å². The van der Waals surface area contributed by atoms with Gasteiger partial charge >= 0.3 is 5.97 Å². The van der Waals surface area contributed by atoms with Crippen LogP contribution in [0.1, 0.15) is 50.0 Å². The van der Waals surface area contributed by atoms with Gasteiger partial charge in [-0.05, 0) is 28.4 Å². The van der Waals surface area contributed by atoms with Crippen molar-refractivity contribution >= 4 is 24.7 Å². The fraction of sp³-hybridized carbons (Fsp3) is 0.273. The fourth-order valence-corrected chi connectivity index (χ4v) is 8.35. The molecule has 28 heavy (non-hydrogen) atoms. The molecule has 0 aliphatic heterocycles. The zero-order valence-electron chi connectivity index (χ0n) is 16.6. The highest BCUT2D eigenvalue weighted by atomic mass is 28.4. The molecule has 1 heterocycles. The Hall–Kier alpha value is -2.70.